The first-order valence-electron chi connectivity index (χ1n) is 6.29. The average molecular weight is 311 g/mol. The van der Waals surface area contributed by atoms with Gasteiger partial charge in [-0.2, -0.15) is 0 Å². The van der Waals surface area contributed by atoms with Crippen molar-refractivity contribution in [2.24, 2.45) is 0 Å². The molecular formula is C13H17N3O2S2. The van der Waals surface area contributed by atoms with Crippen LogP contribution in [0.25, 0.3) is 10.7 Å². The molecule has 0 bridgehead atoms. The summed E-state index contributed by atoms with van der Waals surface area (Å²) >= 11 is 1.56. The van der Waals surface area contributed by atoms with E-state index in [1.54, 1.807) is 17.5 Å². The standard InChI is InChI=1S/C13H17N3O2S2/c1-20(17,18)8-4-6-14-9-11-10-19-13(16-11)12-5-2-3-7-15-12/h2-3,5,7,10,14H,4,6,8-9H2,1H3. The van der Waals surface area contributed by atoms with Crippen molar-refractivity contribution in [3.63, 3.8) is 0 Å². The number of rotatable bonds is 7. The van der Waals surface area contributed by atoms with Crippen LogP contribution in [0.15, 0.2) is 29.8 Å². The topological polar surface area (TPSA) is 72.0 Å². The third-order valence-corrected chi connectivity index (χ3v) is 4.55. The van der Waals surface area contributed by atoms with Crippen LogP contribution in [-0.2, 0) is 16.4 Å². The number of pyridine rings is 1. The normalized spacial score (nSPS) is 11.7. The van der Waals surface area contributed by atoms with Crippen molar-refractivity contribution in [1.29, 1.82) is 0 Å². The van der Waals surface area contributed by atoms with Crippen LogP contribution in [0, 0.1) is 0 Å². The van der Waals surface area contributed by atoms with Gasteiger partial charge >= 0.3 is 0 Å². The molecule has 0 saturated heterocycles. The Bertz CT molecular complexity index is 639. The van der Waals surface area contributed by atoms with Gasteiger partial charge in [-0.15, -0.1) is 11.3 Å². The summed E-state index contributed by atoms with van der Waals surface area (Å²) in [7, 11) is -2.86. The molecule has 1 N–H and O–H groups in total. The van der Waals surface area contributed by atoms with Gasteiger partial charge in [-0.25, -0.2) is 13.4 Å². The van der Waals surface area contributed by atoms with E-state index in [-0.39, 0.29) is 5.75 Å². The molecule has 5 nitrogen and oxygen atoms in total. The molecule has 2 aromatic rings. The highest BCUT2D eigenvalue weighted by Gasteiger charge is 2.05. The number of nitrogens with zero attached hydrogens (tertiary/aromatic N) is 2. The lowest BCUT2D eigenvalue weighted by Crippen LogP contribution is -2.18. The zero-order chi connectivity index (χ0) is 14.4. The maximum absolute atomic E-state index is 11.0. The summed E-state index contributed by atoms with van der Waals surface area (Å²) in [5, 5.41) is 6.09. The van der Waals surface area contributed by atoms with E-state index in [0.29, 0.717) is 19.5 Å². The van der Waals surface area contributed by atoms with Crippen LogP contribution in [0.1, 0.15) is 12.1 Å². The summed E-state index contributed by atoms with van der Waals surface area (Å²) in [5.41, 5.74) is 1.83. The summed E-state index contributed by atoms with van der Waals surface area (Å²) in [6, 6.07) is 5.75. The largest absolute Gasteiger partial charge is 0.311 e. The van der Waals surface area contributed by atoms with Crippen molar-refractivity contribution in [1.82, 2.24) is 15.3 Å². The van der Waals surface area contributed by atoms with Gasteiger partial charge < -0.3 is 5.32 Å². The number of aromatic nitrogens is 2. The molecule has 0 aliphatic heterocycles. The Morgan fingerprint density at radius 2 is 2.20 bits per heavy atom. The predicted octanol–water partition coefficient (Wildman–Crippen LogP) is 1.73. The van der Waals surface area contributed by atoms with Gasteiger partial charge in [0.2, 0.25) is 0 Å². The van der Waals surface area contributed by atoms with Crippen LogP contribution < -0.4 is 5.32 Å². The summed E-state index contributed by atoms with van der Waals surface area (Å²) in [6.07, 6.45) is 3.63. The minimum Gasteiger partial charge on any atom is -0.311 e. The number of nitrogens with one attached hydrogen (secondary N) is 1. The van der Waals surface area contributed by atoms with E-state index in [2.05, 4.69) is 15.3 Å². The molecule has 0 fully saturated rings. The van der Waals surface area contributed by atoms with Crippen LogP contribution in [-0.4, -0.2) is 36.9 Å². The molecule has 20 heavy (non-hydrogen) atoms. The van der Waals surface area contributed by atoms with Crippen LogP contribution in [0.3, 0.4) is 0 Å². The molecule has 0 spiro atoms. The highest BCUT2D eigenvalue weighted by atomic mass is 32.2. The first kappa shape index (κ1) is 15.1. The fraction of sp³-hybridized carbons (Fsp3) is 0.385. The molecule has 0 amide bonds. The van der Waals surface area contributed by atoms with Crippen molar-refractivity contribution < 1.29 is 8.42 Å². The monoisotopic (exact) mass is 311 g/mol. The van der Waals surface area contributed by atoms with E-state index in [1.807, 2.05) is 23.6 Å². The number of sulfone groups is 1. The fourth-order valence-electron chi connectivity index (χ4n) is 1.67. The van der Waals surface area contributed by atoms with Gasteiger partial charge in [0.1, 0.15) is 14.8 Å². The smallest absolute Gasteiger partial charge is 0.147 e. The molecule has 7 heteroatoms. The fourth-order valence-corrected chi connectivity index (χ4v) is 3.13. The van der Waals surface area contributed by atoms with Crippen molar-refractivity contribution >= 4 is 21.2 Å². The molecule has 0 unspecified atom stereocenters. The van der Waals surface area contributed by atoms with Crippen LogP contribution >= 0.6 is 11.3 Å². The Morgan fingerprint density at radius 3 is 2.90 bits per heavy atom. The van der Waals surface area contributed by atoms with Crippen molar-refractivity contribution in [3.8, 4) is 10.7 Å². The number of thiazole rings is 1. The van der Waals surface area contributed by atoms with E-state index < -0.39 is 9.84 Å². The summed E-state index contributed by atoms with van der Waals surface area (Å²) in [4.78, 5) is 8.76. The molecule has 2 heterocycles. The Labute approximate surface area is 123 Å². The zero-order valence-corrected chi connectivity index (χ0v) is 12.9. The lowest BCUT2D eigenvalue weighted by molar-refractivity contribution is 0.594. The second kappa shape index (κ2) is 6.92. The number of hydrogen-bond donors (Lipinski definition) is 1. The van der Waals surface area contributed by atoms with E-state index in [4.69, 9.17) is 0 Å². The maximum atomic E-state index is 11.0. The van der Waals surface area contributed by atoms with Crippen LogP contribution in [0.4, 0.5) is 0 Å². The summed E-state index contributed by atoms with van der Waals surface area (Å²) < 4.78 is 22.0. The van der Waals surface area contributed by atoms with Gasteiger partial charge in [0.25, 0.3) is 0 Å². The van der Waals surface area contributed by atoms with E-state index in [1.165, 1.54) is 6.26 Å². The second-order valence-corrected chi connectivity index (χ2v) is 7.64. The minimum absolute atomic E-state index is 0.219. The van der Waals surface area contributed by atoms with E-state index in [9.17, 15) is 8.42 Å². The predicted molar refractivity (Wildman–Crippen MR) is 81.4 cm³/mol. The van der Waals surface area contributed by atoms with Crippen LogP contribution in [0.2, 0.25) is 0 Å². The molecule has 108 valence electrons. The molecule has 0 atom stereocenters. The van der Waals surface area contributed by atoms with Crippen LogP contribution in [0.5, 0.6) is 0 Å². The highest BCUT2D eigenvalue weighted by Crippen LogP contribution is 2.20. The zero-order valence-electron chi connectivity index (χ0n) is 11.2. The van der Waals surface area contributed by atoms with Gasteiger partial charge in [0.15, 0.2) is 0 Å². The molecule has 0 saturated carbocycles. The third kappa shape index (κ3) is 4.99. The molecule has 2 aromatic heterocycles. The lowest BCUT2D eigenvalue weighted by atomic mass is 10.3. The van der Waals surface area contributed by atoms with Crippen molar-refractivity contribution in [3.05, 3.63) is 35.5 Å². The van der Waals surface area contributed by atoms with Crippen molar-refractivity contribution in [2.45, 2.75) is 13.0 Å². The Hall–Kier alpha value is -1.31. The first-order chi connectivity index (χ1) is 9.54. The van der Waals surface area contributed by atoms with Gasteiger partial charge in [0, 0.05) is 24.4 Å². The van der Waals surface area contributed by atoms with Gasteiger partial charge in [-0.3, -0.25) is 4.98 Å². The Kier molecular flexibility index (Phi) is 5.22. The summed E-state index contributed by atoms with van der Waals surface area (Å²) in [5.74, 6) is 0.219. The lowest BCUT2D eigenvalue weighted by Gasteiger charge is -2.01. The molecule has 2 rings (SSSR count). The Morgan fingerprint density at radius 1 is 1.35 bits per heavy atom. The molecule has 0 aliphatic rings. The van der Waals surface area contributed by atoms with Crippen molar-refractivity contribution in [2.75, 3.05) is 18.6 Å². The SMILES string of the molecule is CS(=O)(=O)CCCNCc1csc(-c2ccccn2)n1. The van der Waals surface area contributed by atoms with Gasteiger partial charge in [0.05, 0.1) is 17.1 Å². The molecule has 0 aromatic carbocycles. The average Bonchev–Trinajstić information content (AvgIpc) is 2.87. The van der Waals surface area contributed by atoms with E-state index >= 15 is 0 Å². The van der Waals surface area contributed by atoms with Gasteiger partial charge in [-0.1, -0.05) is 6.07 Å². The molecule has 0 radical (unpaired) electrons. The number of hydrogen-bond acceptors (Lipinski definition) is 6. The quantitative estimate of drug-likeness (QED) is 0.788. The first-order valence-corrected chi connectivity index (χ1v) is 9.23. The summed E-state index contributed by atoms with van der Waals surface area (Å²) in [6.45, 7) is 1.32. The maximum Gasteiger partial charge on any atom is 0.147 e. The second-order valence-electron chi connectivity index (χ2n) is 4.52. The van der Waals surface area contributed by atoms with E-state index in [0.717, 1.165) is 16.4 Å². The molecule has 0 aliphatic carbocycles. The molecular weight excluding hydrogens is 294 g/mol. The minimum atomic E-state index is -2.86. The van der Waals surface area contributed by atoms with Gasteiger partial charge in [-0.05, 0) is 25.1 Å². The Balaban J connectivity index is 1.79. The highest BCUT2D eigenvalue weighted by molar-refractivity contribution is 7.90. The third-order valence-electron chi connectivity index (χ3n) is 2.61.